The van der Waals surface area contributed by atoms with Gasteiger partial charge in [-0.3, -0.25) is 9.59 Å². The fourth-order valence-electron chi connectivity index (χ4n) is 8.55. The number of carbonyl (C=O) groups excluding carboxylic acids is 2. The molecule has 2 saturated heterocycles. The van der Waals surface area contributed by atoms with Crippen molar-refractivity contribution in [2.45, 2.75) is 89.1 Å². The highest BCUT2D eigenvalue weighted by molar-refractivity contribution is 5.85. The first-order chi connectivity index (χ1) is 15.2. The summed E-state index contributed by atoms with van der Waals surface area (Å²) in [7, 11) is 0. The Labute approximate surface area is 188 Å². The van der Waals surface area contributed by atoms with Crippen LogP contribution in [0.5, 0.6) is 0 Å². The van der Waals surface area contributed by atoms with Gasteiger partial charge in [0.25, 0.3) is 0 Å². The zero-order valence-electron chi connectivity index (χ0n) is 18.6. The summed E-state index contributed by atoms with van der Waals surface area (Å²) in [6.07, 6.45) is 9.29. The number of hydrogen-bond acceptors (Lipinski definition) is 4. The van der Waals surface area contributed by atoms with E-state index < -0.39 is 24.0 Å². The number of carbonyl (C=O) groups is 4. The number of hydrogen-bond donors (Lipinski definition) is 2. The Hall–Kier alpha value is -2.12. The van der Waals surface area contributed by atoms with Gasteiger partial charge in [0.2, 0.25) is 11.8 Å². The monoisotopic (exact) mass is 446 g/mol. The molecule has 4 atom stereocenters. The molecular weight excluding hydrogens is 412 g/mol. The predicted octanol–water partition coefficient (Wildman–Crippen LogP) is 2.50. The highest BCUT2D eigenvalue weighted by Crippen LogP contribution is 2.67. The summed E-state index contributed by atoms with van der Waals surface area (Å²) in [6.45, 7) is 1.04. The maximum absolute atomic E-state index is 13.2. The van der Waals surface area contributed by atoms with Gasteiger partial charge in [0.1, 0.15) is 12.1 Å². The first-order valence-corrected chi connectivity index (χ1v) is 12.2. The van der Waals surface area contributed by atoms with Crippen LogP contribution >= 0.6 is 0 Å². The number of likely N-dealkylation sites (tertiary alicyclic amines) is 2. The normalized spacial score (nSPS) is 40.1. The first kappa shape index (κ1) is 21.7. The van der Waals surface area contributed by atoms with Crippen molar-refractivity contribution in [2.75, 3.05) is 13.1 Å². The molecule has 2 N–H and O–H groups in total. The van der Waals surface area contributed by atoms with Crippen LogP contribution < -0.4 is 0 Å². The number of nitrogens with zero attached hydrogens (tertiary/aromatic N) is 2. The lowest BCUT2D eigenvalue weighted by atomic mass is 9.43. The average molecular weight is 447 g/mol. The van der Waals surface area contributed by atoms with Crippen LogP contribution in [-0.2, 0) is 19.2 Å². The van der Waals surface area contributed by atoms with Crippen LogP contribution in [0.3, 0.4) is 0 Å². The smallest absolute Gasteiger partial charge is 0.326 e. The quantitative estimate of drug-likeness (QED) is 0.648. The number of amides is 2. The van der Waals surface area contributed by atoms with E-state index in [1.807, 2.05) is 0 Å². The van der Waals surface area contributed by atoms with Crippen molar-refractivity contribution >= 4 is 23.8 Å². The summed E-state index contributed by atoms with van der Waals surface area (Å²) < 4.78 is 0. The molecule has 4 bridgehead atoms. The fraction of sp³-hybridized carbons (Fsp3) is 0.833. The summed E-state index contributed by atoms with van der Waals surface area (Å²) in [5.41, 5.74) is -0.269. The van der Waals surface area contributed by atoms with Crippen molar-refractivity contribution in [2.24, 2.45) is 22.7 Å². The van der Waals surface area contributed by atoms with Crippen LogP contribution in [0, 0.1) is 22.7 Å². The van der Waals surface area contributed by atoms with Crippen LogP contribution in [0.25, 0.3) is 0 Å². The van der Waals surface area contributed by atoms with Gasteiger partial charge in [-0.25, -0.2) is 9.59 Å². The molecule has 2 heterocycles. The molecule has 0 spiro atoms. The number of carboxylic acid groups (broad SMARTS) is 2. The van der Waals surface area contributed by atoms with Crippen LogP contribution in [0.2, 0.25) is 0 Å². The summed E-state index contributed by atoms with van der Waals surface area (Å²) in [4.78, 5) is 52.7. The molecule has 2 unspecified atom stereocenters. The van der Waals surface area contributed by atoms with Crippen LogP contribution in [0.15, 0.2) is 0 Å². The molecule has 2 amide bonds. The van der Waals surface area contributed by atoms with E-state index in [9.17, 15) is 29.4 Å². The van der Waals surface area contributed by atoms with Gasteiger partial charge in [-0.2, -0.15) is 0 Å². The average Bonchev–Trinajstić information content (AvgIpc) is 3.36. The third-order valence-corrected chi connectivity index (χ3v) is 9.07. The van der Waals surface area contributed by atoms with Crippen molar-refractivity contribution < 1.29 is 29.4 Å². The molecule has 6 aliphatic rings. The predicted molar refractivity (Wildman–Crippen MR) is 114 cm³/mol. The Kier molecular flexibility index (Phi) is 5.25. The van der Waals surface area contributed by atoms with Crippen molar-refractivity contribution in [1.82, 2.24) is 9.80 Å². The third-order valence-electron chi connectivity index (χ3n) is 9.07. The zero-order valence-corrected chi connectivity index (χ0v) is 18.6. The minimum Gasteiger partial charge on any atom is -0.480 e. The summed E-state index contributed by atoms with van der Waals surface area (Å²) in [5.74, 6) is -0.879. The molecule has 176 valence electrons. The maximum Gasteiger partial charge on any atom is 0.326 e. The highest BCUT2D eigenvalue weighted by Gasteiger charge is 2.59. The second-order valence-electron chi connectivity index (χ2n) is 11.5. The molecule has 8 nitrogen and oxygen atoms in total. The lowest BCUT2D eigenvalue weighted by Crippen LogP contribution is -2.55. The molecular formula is C24H34N2O6. The fourth-order valence-corrected chi connectivity index (χ4v) is 8.55. The Morgan fingerprint density at radius 2 is 1.12 bits per heavy atom. The molecule has 0 aromatic carbocycles. The largest absolute Gasteiger partial charge is 0.480 e. The van der Waals surface area contributed by atoms with E-state index in [1.54, 1.807) is 9.80 Å². The van der Waals surface area contributed by atoms with E-state index in [4.69, 9.17) is 0 Å². The first-order valence-electron chi connectivity index (χ1n) is 12.2. The van der Waals surface area contributed by atoms with E-state index in [0.29, 0.717) is 50.6 Å². The second-order valence-corrected chi connectivity index (χ2v) is 11.5. The van der Waals surface area contributed by atoms with E-state index in [-0.39, 0.29) is 22.6 Å². The lowest BCUT2D eigenvalue weighted by molar-refractivity contribution is -0.161. The van der Waals surface area contributed by atoms with Gasteiger partial charge in [-0.15, -0.1) is 0 Å². The van der Waals surface area contributed by atoms with Gasteiger partial charge < -0.3 is 20.0 Å². The summed E-state index contributed by atoms with van der Waals surface area (Å²) >= 11 is 0. The number of rotatable bonds is 6. The molecule has 6 fully saturated rings. The highest BCUT2D eigenvalue weighted by atomic mass is 16.4. The molecule has 0 radical (unpaired) electrons. The molecule has 8 heteroatoms. The second kappa shape index (κ2) is 7.73. The minimum atomic E-state index is -0.915. The van der Waals surface area contributed by atoms with E-state index in [2.05, 4.69) is 0 Å². The maximum atomic E-state index is 13.2. The van der Waals surface area contributed by atoms with Crippen molar-refractivity contribution in [1.29, 1.82) is 0 Å². The van der Waals surface area contributed by atoms with Crippen LogP contribution in [0.4, 0.5) is 0 Å². The Balaban J connectivity index is 1.32. The number of carboxylic acids is 2. The number of aliphatic carboxylic acids is 2. The van der Waals surface area contributed by atoms with Gasteiger partial charge in [0.15, 0.2) is 0 Å². The van der Waals surface area contributed by atoms with Gasteiger partial charge in [-0.1, -0.05) is 0 Å². The summed E-state index contributed by atoms with van der Waals surface area (Å²) in [5, 5.41) is 19.0. The van der Waals surface area contributed by atoms with Gasteiger partial charge in [0, 0.05) is 25.9 Å². The minimum absolute atomic E-state index is 0.0381. The van der Waals surface area contributed by atoms with Gasteiger partial charge in [-0.05, 0) is 86.9 Å². The van der Waals surface area contributed by atoms with Crippen molar-refractivity contribution in [3.05, 3.63) is 0 Å². The standard InChI is InChI=1S/C24H34N2O6/c27-19(25-5-1-3-17(25)21(29)30)12-23-8-15-7-16(9-23)11-24(10-15,14-23)13-20(28)26-6-2-4-18(26)22(31)32/h15-18H,1-14H2,(H,29,30)(H,31,32)/t15?,16?,17-,18+,23?,24?. The van der Waals surface area contributed by atoms with Crippen molar-refractivity contribution in [3.8, 4) is 0 Å². The molecule has 6 rings (SSSR count). The van der Waals surface area contributed by atoms with Crippen molar-refractivity contribution in [3.63, 3.8) is 0 Å². The Morgan fingerprint density at radius 1 is 0.719 bits per heavy atom. The van der Waals surface area contributed by atoms with E-state index in [0.717, 1.165) is 51.4 Å². The van der Waals surface area contributed by atoms with Gasteiger partial charge >= 0.3 is 11.9 Å². The SMILES string of the molecule is O=C(O)[C@H]1CCCN1C(=O)CC12CC3CC(C1)CC(CC(=O)N1CCC[C@H]1C(=O)O)(C3)C2. The molecule has 0 aromatic rings. The molecule has 2 aliphatic heterocycles. The Morgan fingerprint density at radius 3 is 1.50 bits per heavy atom. The topological polar surface area (TPSA) is 115 Å². The van der Waals surface area contributed by atoms with Crippen LogP contribution in [0.1, 0.15) is 77.0 Å². The van der Waals surface area contributed by atoms with E-state index in [1.165, 1.54) is 0 Å². The van der Waals surface area contributed by atoms with Crippen LogP contribution in [-0.4, -0.2) is 68.9 Å². The Bertz CT molecular complexity index is 762. The van der Waals surface area contributed by atoms with Gasteiger partial charge in [0.05, 0.1) is 0 Å². The molecule has 4 aliphatic carbocycles. The molecule has 32 heavy (non-hydrogen) atoms. The molecule has 0 aromatic heterocycles. The zero-order chi connectivity index (χ0) is 22.7. The lowest BCUT2D eigenvalue weighted by Gasteiger charge is -2.62. The van der Waals surface area contributed by atoms with E-state index >= 15 is 0 Å². The molecule has 4 saturated carbocycles. The third kappa shape index (κ3) is 3.69. The summed E-state index contributed by atoms with van der Waals surface area (Å²) in [6, 6.07) is -1.40.